The summed E-state index contributed by atoms with van der Waals surface area (Å²) in [6.45, 7) is 9.15. The Kier molecular flexibility index (Phi) is 6.18. The molecule has 0 spiro atoms. The zero-order valence-corrected chi connectivity index (χ0v) is 10.2. The van der Waals surface area contributed by atoms with Gasteiger partial charge in [-0.2, -0.15) is 0 Å². The fourth-order valence-corrected chi connectivity index (χ4v) is 2.09. The molecular formula is C11H24N4O. The lowest BCUT2D eigenvalue weighted by atomic mass is 10.2. The minimum atomic E-state index is 0.338. The highest BCUT2D eigenvalue weighted by Gasteiger charge is 2.15. The van der Waals surface area contributed by atoms with Crippen LogP contribution in [0.3, 0.4) is 0 Å². The van der Waals surface area contributed by atoms with Crippen molar-refractivity contribution in [3.8, 4) is 0 Å². The van der Waals surface area contributed by atoms with Gasteiger partial charge in [-0.1, -0.05) is 12.1 Å². The van der Waals surface area contributed by atoms with E-state index >= 15 is 0 Å². The van der Waals surface area contributed by atoms with E-state index in [9.17, 15) is 0 Å². The maximum Gasteiger partial charge on any atom is 0.139 e. The number of piperazine rings is 1. The third kappa shape index (κ3) is 4.81. The van der Waals surface area contributed by atoms with Gasteiger partial charge in [0.05, 0.1) is 0 Å². The third-order valence-electron chi connectivity index (χ3n) is 3.04. The lowest BCUT2D eigenvalue weighted by Crippen LogP contribution is -2.46. The largest absolute Gasteiger partial charge is 0.409 e. The van der Waals surface area contributed by atoms with Crippen LogP contribution >= 0.6 is 0 Å². The van der Waals surface area contributed by atoms with Crippen LogP contribution in [0.1, 0.15) is 26.2 Å². The molecule has 1 aliphatic rings. The maximum atomic E-state index is 8.41. The number of oxime groups is 1. The molecule has 3 N–H and O–H groups in total. The van der Waals surface area contributed by atoms with E-state index < -0.39 is 0 Å². The molecule has 0 aliphatic carbocycles. The topological polar surface area (TPSA) is 65.1 Å². The molecule has 0 bridgehead atoms. The summed E-state index contributed by atoms with van der Waals surface area (Å²) in [5, 5.41) is 11.4. The van der Waals surface area contributed by atoms with Crippen LogP contribution in [0, 0.1) is 0 Å². The van der Waals surface area contributed by atoms with Gasteiger partial charge in [0.1, 0.15) is 5.84 Å². The molecule has 0 unspecified atom stereocenters. The number of hydrogen-bond donors (Lipinski definition) is 2. The van der Waals surface area contributed by atoms with E-state index in [2.05, 4.69) is 21.9 Å². The zero-order chi connectivity index (χ0) is 11.8. The van der Waals surface area contributed by atoms with Crippen molar-refractivity contribution < 1.29 is 5.21 Å². The molecule has 0 aromatic heterocycles. The Morgan fingerprint density at radius 1 is 1.19 bits per heavy atom. The van der Waals surface area contributed by atoms with Gasteiger partial charge in [0.2, 0.25) is 0 Å². The Morgan fingerprint density at radius 2 is 1.75 bits per heavy atom. The van der Waals surface area contributed by atoms with Crippen LogP contribution in [0.4, 0.5) is 0 Å². The fraction of sp³-hybridized carbons (Fsp3) is 0.909. The summed E-state index contributed by atoms with van der Waals surface area (Å²) < 4.78 is 0. The second kappa shape index (κ2) is 7.46. The van der Waals surface area contributed by atoms with Gasteiger partial charge in [0.25, 0.3) is 0 Å². The van der Waals surface area contributed by atoms with Crippen molar-refractivity contribution in [2.24, 2.45) is 10.9 Å². The van der Waals surface area contributed by atoms with Crippen molar-refractivity contribution in [3.63, 3.8) is 0 Å². The normalized spacial score (nSPS) is 20.2. The average molecular weight is 228 g/mol. The van der Waals surface area contributed by atoms with Crippen molar-refractivity contribution in [3.05, 3.63) is 0 Å². The van der Waals surface area contributed by atoms with Crippen LogP contribution in [-0.4, -0.2) is 60.1 Å². The summed E-state index contributed by atoms with van der Waals surface area (Å²) in [5.41, 5.74) is 5.42. The van der Waals surface area contributed by atoms with Crippen LogP contribution in [-0.2, 0) is 0 Å². The smallest absolute Gasteiger partial charge is 0.139 e. The monoisotopic (exact) mass is 228 g/mol. The van der Waals surface area contributed by atoms with Gasteiger partial charge >= 0.3 is 0 Å². The summed E-state index contributed by atoms with van der Waals surface area (Å²) in [7, 11) is 0. The van der Waals surface area contributed by atoms with E-state index in [0.717, 1.165) is 26.1 Å². The average Bonchev–Trinajstić information content (AvgIpc) is 2.31. The van der Waals surface area contributed by atoms with Crippen molar-refractivity contribution >= 4 is 5.84 Å². The number of nitrogens with two attached hydrogens (primary N) is 1. The SMILES string of the molecule is CCCN1CCN(CCC/C(N)=N/O)CC1. The molecule has 0 amide bonds. The molecule has 94 valence electrons. The Bertz CT molecular complexity index is 212. The van der Waals surface area contributed by atoms with Crippen LogP contribution in [0.25, 0.3) is 0 Å². The molecule has 1 heterocycles. The van der Waals surface area contributed by atoms with E-state index in [1.54, 1.807) is 0 Å². The first-order valence-corrected chi connectivity index (χ1v) is 6.17. The first kappa shape index (κ1) is 13.3. The predicted octanol–water partition coefficient (Wildman–Crippen LogP) is 0.541. The summed E-state index contributed by atoms with van der Waals surface area (Å²) >= 11 is 0. The van der Waals surface area contributed by atoms with Crippen molar-refractivity contribution in [2.75, 3.05) is 39.3 Å². The standard InChI is InChI=1S/C11H24N4O/c1-2-5-14-7-9-15(10-8-14)6-3-4-11(12)13-16/h16H,2-10H2,1H3,(H2,12,13). The lowest BCUT2D eigenvalue weighted by molar-refractivity contribution is 0.132. The molecule has 1 rings (SSSR count). The predicted molar refractivity (Wildman–Crippen MR) is 65.8 cm³/mol. The van der Waals surface area contributed by atoms with Crippen LogP contribution in [0.2, 0.25) is 0 Å². The Morgan fingerprint density at radius 3 is 2.25 bits per heavy atom. The highest BCUT2D eigenvalue weighted by molar-refractivity contribution is 5.79. The maximum absolute atomic E-state index is 8.41. The van der Waals surface area contributed by atoms with E-state index in [-0.39, 0.29) is 0 Å². The first-order chi connectivity index (χ1) is 7.76. The van der Waals surface area contributed by atoms with E-state index in [4.69, 9.17) is 10.9 Å². The van der Waals surface area contributed by atoms with Gasteiger partial charge in [0.15, 0.2) is 0 Å². The quantitative estimate of drug-likeness (QED) is 0.301. The van der Waals surface area contributed by atoms with Gasteiger partial charge in [-0.15, -0.1) is 0 Å². The molecule has 0 aromatic rings. The van der Waals surface area contributed by atoms with Gasteiger partial charge in [-0.3, -0.25) is 0 Å². The first-order valence-electron chi connectivity index (χ1n) is 6.17. The second-order valence-corrected chi connectivity index (χ2v) is 4.38. The van der Waals surface area contributed by atoms with Crippen molar-refractivity contribution in [2.45, 2.75) is 26.2 Å². The minimum Gasteiger partial charge on any atom is -0.409 e. The fourth-order valence-electron chi connectivity index (χ4n) is 2.09. The highest BCUT2D eigenvalue weighted by atomic mass is 16.4. The lowest BCUT2D eigenvalue weighted by Gasteiger charge is -2.34. The summed E-state index contributed by atoms with van der Waals surface area (Å²) in [5.74, 6) is 0.338. The number of nitrogens with zero attached hydrogens (tertiary/aromatic N) is 3. The molecule has 5 nitrogen and oxygen atoms in total. The van der Waals surface area contributed by atoms with Gasteiger partial charge in [0, 0.05) is 32.6 Å². The summed E-state index contributed by atoms with van der Waals surface area (Å²) in [6, 6.07) is 0. The van der Waals surface area contributed by atoms with Crippen LogP contribution in [0.15, 0.2) is 5.16 Å². The number of hydrogen-bond acceptors (Lipinski definition) is 4. The molecule has 0 saturated carbocycles. The number of rotatable bonds is 6. The summed E-state index contributed by atoms with van der Waals surface area (Å²) in [6.07, 6.45) is 2.90. The Hall–Kier alpha value is -0.810. The molecule has 0 radical (unpaired) electrons. The molecule has 1 aliphatic heterocycles. The van der Waals surface area contributed by atoms with E-state index in [1.807, 2.05) is 0 Å². The highest BCUT2D eigenvalue weighted by Crippen LogP contribution is 2.04. The molecule has 1 fully saturated rings. The number of amidine groups is 1. The molecule has 0 atom stereocenters. The summed E-state index contributed by atoms with van der Waals surface area (Å²) in [4.78, 5) is 4.97. The van der Waals surface area contributed by atoms with E-state index in [0.29, 0.717) is 12.3 Å². The van der Waals surface area contributed by atoms with Crippen LogP contribution in [0.5, 0.6) is 0 Å². The Balaban J connectivity index is 2.08. The third-order valence-corrected chi connectivity index (χ3v) is 3.04. The van der Waals surface area contributed by atoms with Gasteiger partial charge in [-0.25, -0.2) is 0 Å². The minimum absolute atomic E-state index is 0.338. The zero-order valence-electron chi connectivity index (χ0n) is 10.2. The van der Waals surface area contributed by atoms with Crippen molar-refractivity contribution in [1.29, 1.82) is 0 Å². The molecular weight excluding hydrogens is 204 g/mol. The molecule has 5 heteroatoms. The van der Waals surface area contributed by atoms with Gasteiger partial charge < -0.3 is 20.7 Å². The molecule has 0 aromatic carbocycles. The Labute approximate surface area is 97.9 Å². The second-order valence-electron chi connectivity index (χ2n) is 4.38. The van der Waals surface area contributed by atoms with Crippen LogP contribution < -0.4 is 5.73 Å². The van der Waals surface area contributed by atoms with Gasteiger partial charge in [-0.05, 0) is 25.9 Å². The molecule has 1 saturated heterocycles. The van der Waals surface area contributed by atoms with E-state index in [1.165, 1.54) is 26.1 Å². The van der Waals surface area contributed by atoms with Crippen molar-refractivity contribution in [1.82, 2.24) is 9.80 Å². The molecule has 16 heavy (non-hydrogen) atoms.